The summed E-state index contributed by atoms with van der Waals surface area (Å²) in [6.07, 6.45) is 8.25. The summed E-state index contributed by atoms with van der Waals surface area (Å²) in [7, 11) is 3.44. The Balaban J connectivity index is 1.73. The molecule has 0 amide bonds. The monoisotopic (exact) mass is 267 g/mol. The molecule has 2 atom stereocenters. The molecule has 3 heteroatoms. The van der Waals surface area contributed by atoms with Gasteiger partial charge in [0, 0.05) is 26.3 Å². The van der Waals surface area contributed by atoms with Crippen LogP contribution in [0.4, 0.5) is 0 Å². The topological polar surface area (TPSA) is 30.5 Å². The van der Waals surface area contributed by atoms with E-state index in [9.17, 15) is 0 Å². The van der Waals surface area contributed by atoms with Gasteiger partial charge >= 0.3 is 0 Å². The van der Waals surface area contributed by atoms with E-state index < -0.39 is 0 Å². The van der Waals surface area contributed by atoms with Crippen molar-refractivity contribution in [3.8, 4) is 0 Å². The Morgan fingerprint density at radius 1 is 1.00 bits per heavy atom. The van der Waals surface area contributed by atoms with Crippen molar-refractivity contribution in [2.45, 2.75) is 64.2 Å². The van der Waals surface area contributed by atoms with Gasteiger partial charge in [-0.2, -0.15) is 0 Å². The summed E-state index contributed by atoms with van der Waals surface area (Å²) in [6, 6.07) is 0. The fraction of sp³-hybridized carbons (Fsp3) is 1.00. The standard InChI is InChI=1S/C16H29NO2/c1-14-5-12-6-15(2,9-14)11-16(7-12,10-14)17-8-13(18-3)19-4/h12-13,17H,5-11H2,1-4H3. The highest BCUT2D eigenvalue weighted by Gasteiger charge is 2.59. The van der Waals surface area contributed by atoms with Crippen LogP contribution >= 0.6 is 0 Å². The van der Waals surface area contributed by atoms with Crippen LogP contribution < -0.4 is 5.32 Å². The predicted molar refractivity (Wildman–Crippen MR) is 75.9 cm³/mol. The van der Waals surface area contributed by atoms with Crippen molar-refractivity contribution in [2.24, 2.45) is 16.7 Å². The molecule has 4 saturated carbocycles. The van der Waals surface area contributed by atoms with Crippen molar-refractivity contribution in [1.29, 1.82) is 0 Å². The molecule has 0 aromatic carbocycles. The molecule has 4 bridgehead atoms. The molecule has 4 aliphatic carbocycles. The minimum atomic E-state index is -0.117. The van der Waals surface area contributed by atoms with Crippen molar-refractivity contribution >= 4 is 0 Å². The average Bonchev–Trinajstić information content (AvgIpc) is 2.25. The third kappa shape index (κ3) is 2.45. The molecule has 4 aliphatic rings. The van der Waals surface area contributed by atoms with Crippen LogP contribution in [0.5, 0.6) is 0 Å². The van der Waals surface area contributed by atoms with E-state index in [-0.39, 0.29) is 6.29 Å². The molecule has 0 aliphatic heterocycles. The molecule has 2 unspecified atom stereocenters. The van der Waals surface area contributed by atoms with E-state index in [4.69, 9.17) is 9.47 Å². The van der Waals surface area contributed by atoms with Crippen LogP contribution in [0.1, 0.15) is 52.4 Å². The number of ether oxygens (including phenoxy) is 2. The first kappa shape index (κ1) is 13.8. The molecule has 0 aromatic rings. The minimum Gasteiger partial charge on any atom is -0.355 e. The second-order valence-electron chi connectivity index (χ2n) is 8.19. The Bertz CT molecular complexity index is 335. The van der Waals surface area contributed by atoms with Crippen LogP contribution in [0.25, 0.3) is 0 Å². The van der Waals surface area contributed by atoms with E-state index in [2.05, 4.69) is 19.2 Å². The van der Waals surface area contributed by atoms with Gasteiger partial charge in [0.2, 0.25) is 0 Å². The van der Waals surface area contributed by atoms with Gasteiger partial charge in [-0.15, -0.1) is 0 Å². The highest BCUT2D eigenvalue weighted by Crippen LogP contribution is 2.66. The van der Waals surface area contributed by atoms with Crippen LogP contribution in [0.2, 0.25) is 0 Å². The summed E-state index contributed by atoms with van der Waals surface area (Å²) in [5, 5.41) is 3.83. The quantitative estimate of drug-likeness (QED) is 0.777. The van der Waals surface area contributed by atoms with E-state index in [0.717, 1.165) is 12.5 Å². The Kier molecular flexibility index (Phi) is 3.23. The third-order valence-corrected chi connectivity index (χ3v) is 5.80. The molecule has 0 saturated heterocycles. The fourth-order valence-corrected chi connectivity index (χ4v) is 6.21. The van der Waals surface area contributed by atoms with Crippen molar-refractivity contribution in [2.75, 3.05) is 20.8 Å². The van der Waals surface area contributed by atoms with Crippen LogP contribution in [0, 0.1) is 16.7 Å². The van der Waals surface area contributed by atoms with Crippen molar-refractivity contribution in [3.05, 3.63) is 0 Å². The molecule has 4 rings (SSSR count). The van der Waals surface area contributed by atoms with E-state index >= 15 is 0 Å². The fourth-order valence-electron chi connectivity index (χ4n) is 6.21. The van der Waals surface area contributed by atoms with Crippen LogP contribution in [-0.4, -0.2) is 32.6 Å². The summed E-state index contributed by atoms with van der Waals surface area (Å²) < 4.78 is 10.7. The molecule has 19 heavy (non-hydrogen) atoms. The van der Waals surface area contributed by atoms with Gasteiger partial charge in [0.15, 0.2) is 6.29 Å². The second-order valence-corrected chi connectivity index (χ2v) is 8.19. The van der Waals surface area contributed by atoms with Gasteiger partial charge in [-0.05, 0) is 55.3 Å². The van der Waals surface area contributed by atoms with Crippen molar-refractivity contribution in [1.82, 2.24) is 5.32 Å². The molecule has 110 valence electrons. The maximum atomic E-state index is 5.33. The molecule has 3 nitrogen and oxygen atoms in total. The highest BCUT2D eigenvalue weighted by molar-refractivity contribution is 5.14. The van der Waals surface area contributed by atoms with E-state index in [1.165, 1.54) is 38.5 Å². The lowest BCUT2D eigenvalue weighted by molar-refractivity contribution is -0.137. The lowest BCUT2D eigenvalue weighted by atomic mass is 9.43. The summed E-state index contributed by atoms with van der Waals surface area (Å²) in [5.41, 5.74) is 1.48. The molecular weight excluding hydrogens is 238 g/mol. The number of nitrogens with one attached hydrogen (secondary N) is 1. The molecule has 0 heterocycles. The van der Waals surface area contributed by atoms with Gasteiger partial charge in [0.05, 0.1) is 0 Å². The Labute approximate surface area is 117 Å². The van der Waals surface area contributed by atoms with Gasteiger partial charge in [-0.3, -0.25) is 0 Å². The first-order chi connectivity index (χ1) is 8.90. The van der Waals surface area contributed by atoms with Gasteiger partial charge in [-0.1, -0.05) is 13.8 Å². The van der Waals surface area contributed by atoms with Crippen LogP contribution in [0.3, 0.4) is 0 Å². The predicted octanol–water partition coefficient (Wildman–Crippen LogP) is 2.94. The van der Waals surface area contributed by atoms with Gasteiger partial charge < -0.3 is 14.8 Å². The Hall–Kier alpha value is -0.120. The zero-order valence-corrected chi connectivity index (χ0v) is 12.9. The Morgan fingerprint density at radius 2 is 1.58 bits per heavy atom. The van der Waals surface area contributed by atoms with E-state index in [0.29, 0.717) is 16.4 Å². The third-order valence-electron chi connectivity index (χ3n) is 5.80. The average molecular weight is 267 g/mol. The maximum Gasteiger partial charge on any atom is 0.169 e. The Morgan fingerprint density at radius 3 is 2.05 bits per heavy atom. The zero-order valence-electron chi connectivity index (χ0n) is 12.9. The second kappa shape index (κ2) is 4.44. The summed E-state index contributed by atoms with van der Waals surface area (Å²) in [4.78, 5) is 0. The molecule has 0 radical (unpaired) electrons. The molecule has 4 fully saturated rings. The smallest absolute Gasteiger partial charge is 0.169 e. The lowest BCUT2D eigenvalue weighted by Gasteiger charge is -2.65. The first-order valence-corrected chi connectivity index (χ1v) is 7.71. The summed E-state index contributed by atoms with van der Waals surface area (Å²) in [5.74, 6) is 0.933. The van der Waals surface area contributed by atoms with Gasteiger partial charge in [0.25, 0.3) is 0 Å². The molecule has 0 aromatic heterocycles. The first-order valence-electron chi connectivity index (χ1n) is 7.71. The number of hydrogen-bond acceptors (Lipinski definition) is 3. The molecule has 1 N–H and O–H groups in total. The van der Waals surface area contributed by atoms with E-state index in [1.807, 2.05) is 0 Å². The number of methoxy groups -OCH3 is 2. The maximum absolute atomic E-state index is 5.33. The molecule has 0 spiro atoms. The number of rotatable bonds is 5. The normalized spacial score (nSPS) is 48.2. The number of hydrogen-bond donors (Lipinski definition) is 1. The summed E-state index contributed by atoms with van der Waals surface area (Å²) in [6.45, 7) is 5.83. The lowest BCUT2D eigenvalue weighted by Crippen LogP contribution is -2.65. The molecular formula is C16H29NO2. The highest BCUT2D eigenvalue weighted by atomic mass is 16.7. The zero-order chi connectivity index (χ0) is 13.7. The van der Waals surface area contributed by atoms with Crippen molar-refractivity contribution in [3.63, 3.8) is 0 Å². The largest absolute Gasteiger partial charge is 0.355 e. The van der Waals surface area contributed by atoms with Crippen LogP contribution in [0.15, 0.2) is 0 Å². The SMILES string of the molecule is COC(CNC12CC3CC(C)(CC(C)(C3)C1)C2)OC. The van der Waals surface area contributed by atoms with Crippen molar-refractivity contribution < 1.29 is 9.47 Å². The van der Waals surface area contributed by atoms with E-state index in [1.54, 1.807) is 14.2 Å². The van der Waals surface area contributed by atoms with Crippen LogP contribution in [-0.2, 0) is 9.47 Å². The van der Waals surface area contributed by atoms with Gasteiger partial charge in [-0.25, -0.2) is 0 Å². The summed E-state index contributed by atoms with van der Waals surface area (Å²) >= 11 is 0. The van der Waals surface area contributed by atoms with Gasteiger partial charge in [0.1, 0.15) is 0 Å². The minimum absolute atomic E-state index is 0.117.